The highest BCUT2D eigenvalue weighted by molar-refractivity contribution is 5.18. The van der Waals surface area contributed by atoms with Crippen molar-refractivity contribution in [2.75, 3.05) is 26.2 Å². The van der Waals surface area contributed by atoms with E-state index in [1.165, 1.54) is 12.0 Å². The van der Waals surface area contributed by atoms with Crippen LogP contribution in [0.4, 0.5) is 0 Å². The lowest BCUT2D eigenvalue weighted by Crippen LogP contribution is -2.46. The molecule has 1 aromatic rings. The molecule has 1 unspecified atom stereocenters. The lowest BCUT2D eigenvalue weighted by Gasteiger charge is -2.36. The van der Waals surface area contributed by atoms with Gasteiger partial charge in [-0.25, -0.2) is 0 Å². The van der Waals surface area contributed by atoms with Crippen LogP contribution in [0.5, 0.6) is 0 Å². The van der Waals surface area contributed by atoms with Crippen molar-refractivity contribution < 1.29 is 4.74 Å². The molecular weight excluding hydrogens is 260 g/mol. The Hall–Kier alpha value is -0.900. The Bertz CT molecular complexity index is 385. The topological polar surface area (TPSA) is 24.5 Å². The minimum Gasteiger partial charge on any atom is -0.373 e. The second kappa shape index (κ2) is 8.52. The monoisotopic (exact) mass is 290 g/mol. The van der Waals surface area contributed by atoms with Gasteiger partial charge in [-0.1, -0.05) is 37.3 Å². The molecule has 2 rings (SSSR count). The van der Waals surface area contributed by atoms with E-state index in [1.807, 2.05) is 0 Å². The summed E-state index contributed by atoms with van der Waals surface area (Å²) in [5.41, 5.74) is 1.40. The third-order valence-corrected chi connectivity index (χ3v) is 4.07. The Balaban J connectivity index is 1.89. The van der Waals surface area contributed by atoms with E-state index in [9.17, 15) is 0 Å². The molecule has 1 saturated heterocycles. The summed E-state index contributed by atoms with van der Waals surface area (Å²) in [7, 11) is 0. The molecule has 1 N–H and O–H groups in total. The van der Waals surface area contributed by atoms with Crippen LogP contribution in [0.25, 0.3) is 0 Å². The smallest absolute Gasteiger partial charge is 0.0678 e. The Morgan fingerprint density at radius 3 is 2.48 bits per heavy atom. The van der Waals surface area contributed by atoms with E-state index in [2.05, 4.69) is 61.3 Å². The molecule has 1 heterocycles. The Morgan fingerprint density at radius 1 is 1.19 bits per heavy atom. The average Bonchev–Trinajstić information content (AvgIpc) is 2.47. The maximum absolute atomic E-state index is 5.82. The number of morpholine rings is 1. The van der Waals surface area contributed by atoms with E-state index in [0.29, 0.717) is 18.2 Å². The van der Waals surface area contributed by atoms with Crippen LogP contribution in [0.1, 0.15) is 45.2 Å². The van der Waals surface area contributed by atoms with E-state index >= 15 is 0 Å². The molecule has 0 aliphatic carbocycles. The zero-order chi connectivity index (χ0) is 15.1. The molecule has 0 amide bonds. The van der Waals surface area contributed by atoms with Gasteiger partial charge in [0.15, 0.2) is 0 Å². The minimum atomic E-state index is 0.354. The average molecular weight is 290 g/mol. The molecule has 1 aromatic carbocycles. The van der Waals surface area contributed by atoms with Crippen LogP contribution >= 0.6 is 0 Å². The second-order valence-corrected chi connectivity index (χ2v) is 6.22. The lowest BCUT2D eigenvalue weighted by atomic mass is 10.0. The van der Waals surface area contributed by atoms with Gasteiger partial charge in [-0.15, -0.1) is 0 Å². The van der Waals surface area contributed by atoms with Crippen LogP contribution in [0.15, 0.2) is 30.3 Å². The molecule has 0 spiro atoms. The summed E-state index contributed by atoms with van der Waals surface area (Å²) in [5, 5.41) is 3.69. The number of hydrogen-bond acceptors (Lipinski definition) is 3. The van der Waals surface area contributed by atoms with Crippen LogP contribution in [0, 0.1) is 0 Å². The number of benzene rings is 1. The Labute approximate surface area is 129 Å². The molecule has 0 radical (unpaired) electrons. The normalized spacial score (nSPS) is 24.9. The summed E-state index contributed by atoms with van der Waals surface area (Å²) in [6, 6.07) is 11.3. The quantitative estimate of drug-likeness (QED) is 0.834. The molecule has 0 aromatic heterocycles. The molecule has 0 saturated carbocycles. The van der Waals surface area contributed by atoms with Crippen LogP contribution in [0.2, 0.25) is 0 Å². The molecule has 1 aliphatic rings. The van der Waals surface area contributed by atoms with Gasteiger partial charge in [0.25, 0.3) is 0 Å². The third-order valence-electron chi connectivity index (χ3n) is 4.07. The van der Waals surface area contributed by atoms with E-state index in [4.69, 9.17) is 4.74 Å². The van der Waals surface area contributed by atoms with Gasteiger partial charge < -0.3 is 10.1 Å². The Kier molecular flexibility index (Phi) is 6.68. The fourth-order valence-corrected chi connectivity index (χ4v) is 3.17. The highest BCUT2D eigenvalue weighted by Gasteiger charge is 2.22. The van der Waals surface area contributed by atoms with Crippen LogP contribution in [-0.2, 0) is 4.74 Å². The van der Waals surface area contributed by atoms with Crippen molar-refractivity contribution in [2.24, 2.45) is 0 Å². The summed E-state index contributed by atoms with van der Waals surface area (Å²) >= 11 is 0. The zero-order valence-corrected chi connectivity index (χ0v) is 13.7. The number of nitrogens with one attached hydrogen (secondary N) is 1. The largest absolute Gasteiger partial charge is 0.373 e. The predicted octanol–water partition coefficient (Wildman–Crippen LogP) is 3.23. The molecule has 0 bridgehead atoms. The number of rotatable bonds is 7. The summed E-state index contributed by atoms with van der Waals surface area (Å²) in [5.74, 6) is 0. The van der Waals surface area contributed by atoms with Crippen molar-refractivity contribution in [3.8, 4) is 0 Å². The second-order valence-electron chi connectivity index (χ2n) is 6.22. The van der Waals surface area contributed by atoms with Crippen molar-refractivity contribution in [2.45, 2.75) is 51.9 Å². The van der Waals surface area contributed by atoms with Crippen molar-refractivity contribution in [3.05, 3.63) is 35.9 Å². The lowest BCUT2D eigenvalue weighted by molar-refractivity contribution is -0.0686. The van der Waals surface area contributed by atoms with Gasteiger partial charge in [0.05, 0.1) is 12.2 Å². The maximum atomic E-state index is 5.82. The highest BCUT2D eigenvalue weighted by Crippen LogP contribution is 2.19. The third kappa shape index (κ3) is 5.42. The summed E-state index contributed by atoms with van der Waals surface area (Å²) in [6.45, 7) is 10.9. The van der Waals surface area contributed by atoms with Crippen molar-refractivity contribution in [3.63, 3.8) is 0 Å². The van der Waals surface area contributed by atoms with E-state index in [-0.39, 0.29) is 0 Å². The SMILES string of the molecule is CCCNC(CCN1C[C@@H](C)O[C@@H](C)C1)c1ccccc1. The minimum absolute atomic E-state index is 0.354. The summed E-state index contributed by atoms with van der Waals surface area (Å²) in [6.07, 6.45) is 3.04. The molecule has 118 valence electrons. The predicted molar refractivity (Wildman–Crippen MR) is 88.5 cm³/mol. The van der Waals surface area contributed by atoms with Gasteiger partial charge in [-0.05, 0) is 38.8 Å². The molecule has 1 fully saturated rings. The van der Waals surface area contributed by atoms with Gasteiger partial charge in [-0.3, -0.25) is 4.90 Å². The van der Waals surface area contributed by atoms with Gasteiger partial charge in [0.1, 0.15) is 0 Å². The first kappa shape index (κ1) is 16.5. The standard InChI is InChI=1S/C18H30N2O/c1-4-11-19-18(17-8-6-5-7-9-17)10-12-20-13-15(2)21-16(3)14-20/h5-9,15-16,18-19H,4,10-14H2,1-3H3/t15-,16+,18?. The van der Waals surface area contributed by atoms with Crippen LogP contribution < -0.4 is 5.32 Å². The molecular formula is C18H30N2O. The van der Waals surface area contributed by atoms with Crippen molar-refractivity contribution in [1.29, 1.82) is 0 Å². The molecule has 21 heavy (non-hydrogen) atoms. The van der Waals surface area contributed by atoms with Gasteiger partial charge in [0.2, 0.25) is 0 Å². The highest BCUT2D eigenvalue weighted by atomic mass is 16.5. The number of ether oxygens (including phenoxy) is 1. The zero-order valence-electron chi connectivity index (χ0n) is 13.7. The number of hydrogen-bond donors (Lipinski definition) is 1. The molecule has 3 atom stereocenters. The molecule has 1 aliphatic heterocycles. The van der Waals surface area contributed by atoms with Crippen molar-refractivity contribution in [1.82, 2.24) is 10.2 Å². The summed E-state index contributed by atoms with van der Waals surface area (Å²) in [4.78, 5) is 2.54. The first-order valence-electron chi connectivity index (χ1n) is 8.35. The number of nitrogens with zero attached hydrogens (tertiary/aromatic N) is 1. The molecule has 3 heteroatoms. The fraction of sp³-hybridized carbons (Fsp3) is 0.667. The first-order chi connectivity index (χ1) is 10.2. The van der Waals surface area contributed by atoms with Crippen LogP contribution in [-0.4, -0.2) is 43.3 Å². The molecule has 3 nitrogen and oxygen atoms in total. The van der Waals surface area contributed by atoms with Crippen LogP contribution in [0.3, 0.4) is 0 Å². The van der Waals surface area contributed by atoms with Crippen molar-refractivity contribution >= 4 is 0 Å². The van der Waals surface area contributed by atoms with Gasteiger partial charge >= 0.3 is 0 Å². The van der Waals surface area contributed by atoms with E-state index in [0.717, 1.165) is 32.6 Å². The van der Waals surface area contributed by atoms with E-state index < -0.39 is 0 Å². The fourth-order valence-electron chi connectivity index (χ4n) is 3.17. The maximum Gasteiger partial charge on any atom is 0.0678 e. The van der Waals surface area contributed by atoms with Gasteiger partial charge in [0, 0.05) is 25.7 Å². The van der Waals surface area contributed by atoms with Gasteiger partial charge in [-0.2, -0.15) is 0 Å². The summed E-state index contributed by atoms with van der Waals surface area (Å²) < 4.78 is 5.82. The Morgan fingerprint density at radius 2 is 1.86 bits per heavy atom. The first-order valence-corrected chi connectivity index (χ1v) is 8.35. The van der Waals surface area contributed by atoms with E-state index in [1.54, 1.807) is 0 Å².